The fraction of sp³-hybridized carbons (Fsp3) is 0.562. The van der Waals surface area contributed by atoms with Crippen molar-refractivity contribution in [3.8, 4) is 5.75 Å². The number of hydrogen-bond donors (Lipinski definition) is 2. The van der Waals surface area contributed by atoms with Crippen LogP contribution in [-0.2, 0) is 4.79 Å². The average molecular weight is 356 g/mol. The summed E-state index contributed by atoms with van der Waals surface area (Å²) in [5, 5.41) is 12.8. The lowest BCUT2D eigenvalue weighted by Crippen LogP contribution is -2.41. The number of nitrogens with one attached hydrogen (secondary N) is 1. The number of rotatable bonds is 5. The first kappa shape index (κ1) is 16.3. The smallest absolute Gasteiger partial charge is 0.260 e. The highest BCUT2D eigenvalue weighted by Gasteiger charge is 2.22. The molecule has 1 aliphatic carbocycles. The maximum Gasteiger partial charge on any atom is 0.260 e. The van der Waals surface area contributed by atoms with Gasteiger partial charge in [-0.1, -0.05) is 34.8 Å². The van der Waals surface area contributed by atoms with Crippen LogP contribution in [0.15, 0.2) is 22.7 Å². The number of aliphatic hydroxyl groups is 1. The lowest BCUT2D eigenvalue weighted by molar-refractivity contribution is -0.128. The van der Waals surface area contributed by atoms with Gasteiger partial charge in [-0.2, -0.15) is 0 Å². The van der Waals surface area contributed by atoms with Crippen LogP contribution in [0.25, 0.3) is 0 Å². The van der Waals surface area contributed by atoms with Gasteiger partial charge in [-0.15, -0.1) is 0 Å². The molecule has 0 saturated heterocycles. The minimum atomic E-state index is -0.641. The van der Waals surface area contributed by atoms with Crippen LogP contribution in [0, 0.1) is 0 Å². The summed E-state index contributed by atoms with van der Waals surface area (Å²) in [6.07, 6.45) is 3.23. The summed E-state index contributed by atoms with van der Waals surface area (Å²) < 4.78 is 6.61. The minimum Gasteiger partial charge on any atom is -0.480 e. The van der Waals surface area contributed by atoms with Crippen molar-refractivity contribution in [1.82, 2.24) is 5.32 Å². The molecule has 1 saturated carbocycles. The van der Waals surface area contributed by atoms with Gasteiger partial charge >= 0.3 is 0 Å². The summed E-state index contributed by atoms with van der Waals surface area (Å²) in [6.45, 7) is 3.41. The third-order valence-electron chi connectivity index (χ3n) is 3.80. The van der Waals surface area contributed by atoms with Crippen molar-refractivity contribution in [3.05, 3.63) is 28.2 Å². The molecule has 2 N–H and O–H groups in total. The zero-order valence-electron chi connectivity index (χ0n) is 12.4. The molecule has 1 aromatic rings. The molecule has 0 radical (unpaired) electrons. The van der Waals surface area contributed by atoms with Gasteiger partial charge in [0.15, 0.2) is 6.10 Å². The molecular formula is C16H22BrNO3. The molecule has 1 amide bonds. The van der Waals surface area contributed by atoms with Gasteiger partial charge < -0.3 is 15.2 Å². The summed E-state index contributed by atoms with van der Waals surface area (Å²) in [4.78, 5) is 12.2. The third kappa shape index (κ3) is 4.45. The molecule has 116 valence electrons. The van der Waals surface area contributed by atoms with E-state index >= 15 is 0 Å². The van der Waals surface area contributed by atoms with Crippen LogP contribution in [0.1, 0.15) is 51.2 Å². The number of amides is 1. The summed E-state index contributed by atoms with van der Waals surface area (Å²) >= 11 is 3.38. The summed E-state index contributed by atoms with van der Waals surface area (Å²) in [5.74, 6) is 0.437. The number of halogens is 1. The van der Waals surface area contributed by atoms with E-state index in [-0.39, 0.29) is 11.9 Å². The topological polar surface area (TPSA) is 58.6 Å². The van der Waals surface area contributed by atoms with E-state index in [4.69, 9.17) is 4.74 Å². The van der Waals surface area contributed by atoms with Crippen LogP contribution in [0.5, 0.6) is 5.75 Å². The van der Waals surface area contributed by atoms with Gasteiger partial charge in [-0.05, 0) is 38.8 Å². The molecule has 2 rings (SSSR count). The molecule has 5 heteroatoms. The van der Waals surface area contributed by atoms with Crippen LogP contribution in [0.2, 0.25) is 0 Å². The van der Waals surface area contributed by atoms with E-state index in [0.29, 0.717) is 11.3 Å². The molecule has 2 unspecified atom stereocenters. The van der Waals surface area contributed by atoms with Crippen molar-refractivity contribution in [2.75, 3.05) is 0 Å². The zero-order valence-corrected chi connectivity index (χ0v) is 14.0. The van der Waals surface area contributed by atoms with Crippen molar-refractivity contribution in [1.29, 1.82) is 0 Å². The molecule has 0 heterocycles. The largest absolute Gasteiger partial charge is 0.480 e. The third-order valence-corrected chi connectivity index (χ3v) is 4.29. The Balaban J connectivity index is 2.02. The molecule has 1 aromatic carbocycles. The first-order valence-corrected chi connectivity index (χ1v) is 8.21. The van der Waals surface area contributed by atoms with Gasteiger partial charge in [0.05, 0.1) is 6.10 Å². The zero-order chi connectivity index (χ0) is 15.4. The second-order valence-corrected chi connectivity index (χ2v) is 6.52. The van der Waals surface area contributed by atoms with E-state index in [1.165, 1.54) is 12.8 Å². The molecule has 2 atom stereocenters. The Labute approximate surface area is 134 Å². The van der Waals surface area contributed by atoms with Gasteiger partial charge in [0, 0.05) is 16.1 Å². The predicted octanol–water partition coefficient (Wildman–Crippen LogP) is 3.33. The highest BCUT2D eigenvalue weighted by atomic mass is 79.9. The molecule has 0 spiro atoms. The number of benzene rings is 1. The second-order valence-electron chi connectivity index (χ2n) is 5.61. The van der Waals surface area contributed by atoms with E-state index in [1.807, 2.05) is 6.07 Å². The number of aliphatic hydroxyl groups excluding tert-OH is 1. The van der Waals surface area contributed by atoms with E-state index in [9.17, 15) is 9.90 Å². The normalized spacial score (nSPS) is 18.3. The SMILES string of the molecule is CC(Oc1cc(Br)ccc1C(C)O)C(=O)NC1CCCC1. The number of hydrogen-bond acceptors (Lipinski definition) is 3. The van der Waals surface area contributed by atoms with Gasteiger partial charge in [0.25, 0.3) is 5.91 Å². The first-order valence-electron chi connectivity index (χ1n) is 7.42. The van der Waals surface area contributed by atoms with Crippen molar-refractivity contribution >= 4 is 21.8 Å². The Morgan fingerprint density at radius 3 is 2.67 bits per heavy atom. The Kier molecular flexibility index (Phi) is 5.65. The predicted molar refractivity (Wildman–Crippen MR) is 85.3 cm³/mol. The quantitative estimate of drug-likeness (QED) is 0.851. The maximum absolute atomic E-state index is 12.2. The molecular weight excluding hydrogens is 334 g/mol. The van der Waals surface area contributed by atoms with E-state index in [1.54, 1.807) is 26.0 Å². The summed E-state index contributed by atoms with van der Waals surface area (Å²) in [5.41, 5.74) is 0.679. The van der Waals surface area contributed by atoms with Crippen LogP contribution in [-0.4, -0.2) is 23.2 Å². The average Bonchev–Trinajstić information content (AvgIpc) is 2.91. The van der Waals surface area contributed by atoms with Gasteiger partial charge in [0.2, 0.25) is 0 Å². The fourth-order valence-electron chi connectivity index (χ4n) is 2.59. The van der Waals surface area contributed by atoms with Crippen LogP contribution < -0.4 is 10.1 Å². The first-order chi connectivity index (χ1) is 9.97. The van der Waals surface area contributed by atoms with Gasteiger partial charge in [-0.3, -0.25) is 4.79 Å². The Morgan fingerprint density at radius 2 is 2.05 bits per heavy atom. The van der Waals surface area contributed by atoms with E-state index in [0.717, 1.165) is 17.3 Å². The molecule has 1 aliphatic rings. The molecule has 21 heavy (non-hydrogen) atoms. The molecule has 0 bridgehead atoms. The standard InChI is InChI=1S/C16H22BrNO3/c1-10(19)14-8-7-12(17)9-15(14)21-11(2)16(20)18-13-5-3-4-6-13/h7-11,13,19H,3-6H2,1-2H3,(H,18,20). The van der Waals surface area contributed by atoms with Crippen molar-refractivity contribution < 1.29 is 14.6 Å². The van der Waals surface area contributed by atoms with Gasteiger partial charge in [-0.25, -0.2) is 0 Å². The summed E-state index contributed by atoms with van der Waals surface area (Å²) in [7, 11) is 0. The monoisotopic (exact) mass is 355 g/mol. The van der Waals surface area contributed by atoms with Crippen LogP contribution in [0.3, 0.4) is 0 Å². The minimum absolute atomic E-state index is 0.0987. The Bertz CT molecular complexity index is 498. The highest BCUT2D eigenvalue weighted by molar-refractivity contribution is 9.10. The van der Waals surface area contributed by atoms with Crippen molar-refractivity contribution in [3.63, 3.8) is 0 Å². The molecule has 0 aromatic heterocycles. The molecule has 1 fully saturated rings. The molecule has 0 aliphatic heterocycles. The number of carbonyl (C=O) groups is 1. The molecule has 4 nitrogen and oxygen atoms in total. The lowest BCUT2D eigenvalue weighted by atomic mass is 10.1. The van der Waals surface area contributed by atoms with Gasteiger partial charge in [0.1, 0.15) is 5.75 Å². The van der Waals surface area contributed by atoms with Crippen molar-refractivity contribution in [2.24, 2.45) is 0 Å². The maximum atomic E-state index is 12.2. The van der Waals surface area contributed by atoms with E-state index < -0.39 is 12.2 Å². The summed E-state index contributed by atoms with van der Waals surface area (Å²) in [6, 6.07) is 5.70. The van der Waals surface area contributed by atoms with Crippen LogP contribution >= 0.6 is 15.9 Å². The number of ether oxygens (including phenoxy) is 1. The van der Waals surface area contributed by atoms with Crippen molar-refractivity contribution in [2.45, 2.75) is 57.8 Å². The second kappa shape index (κ2) is 7.27. The van der Waals surface area contributed by atoms with E-state index in [2.05, 4.69) is 21.2 Å². The van der Waals surface area contributed by atoms with Crippen LogP contribution in [0.4, 0.5) is 0 Å². The Morgan fingerprint density at radius 1 is 1.38 bits per heavy atom. The highest BCUT2D eigenvalue weighted by Crippen LogP contribution is 2.29. The fourth-order valence-corrected chi connectivity index (χ4v) is 2.93. The number of carbonyl (C=O) groups excluding carboxylic acids is 1. The lowest BCUT2D eigenvalue weighted by Gasteiger charge is -2.20. The Hall–Kier alpha value is -1.07.